The standard InChI is InChI=1S/C12H15ClN4O2S/c1-10(6-13)8-20(18,19)16-11-2-3-12(15-7-11)17-5-4-14-9-17/h2-5,7,9-10,16H,6,8H2,1H3. The van der Waals surface area contributed by atoms with Crippen molar-refractivity contribution in [2.75, 3.05) is 16.4 Å². The molecule has 8 heteroatoms. The van der Waals surface area contributed by atoms with Gasteiger partial charge in [-0.3, -0.25) is 9.29 Å². The maximum absolute atomic E-state index is 11.9. The minimum absolute atomic E-state index is 0.0141. The third-order valence-corrected chi connectivity index (χ3v) is 4.64. The number of sulfonamides is 1. The predicted octanol–water partition coefficient (Wildman–Crippen LogP) is 1.88. The molecule has 1 unspecified atom stereocenters. The maximum Gasteiger partial charge on any atom is 0.233 e. The Labute approximate surface area is 122 Å². The lowest BCUT2D eigenvalue weighted by Crippen LogP contribution is -2.22. The van der Waals surface area contributed by atoms with E-state index in [1.54, 1.807) is 42.3 Å². The minimum Gasteiger partial charge on any atom is -0.291 e. The van der Waals surface area contributed by atoms with E-state index in [0.29, 0.717) is 17.4 Å². The van der Waals surface area contributed by atoms with Crippen molar-refractivity contribution in [2.24, 2.45) is 5.92 Å². The molecule has 2 rings (SSSR count). The molecule has 1 N–H and O–H groups in total. The second-order valence-corrected chi connectivity index (χ2v) is 6.59. The van der Waals surface area contributed by atoms with E-state index >= 15 is 0 Å². The first-order chi connectivity index (χ1) is 9.50. The van der Waals surface area contributed by atoms with Crippen LogP contribution in [0.25, 0.3) is 5.82 Å². The lowest BCUT2D eigenvalue weighted by molar-refractivity contribution is 0.588. The molecular formula is C12H15ClN4O2S. The van der Waals surface area contributed by atoms with Crippen molar-refractivity contribution in [3.8, 4) is 5.82 Å². The summed E-state index contributed by atoms with van der Waals surface area (Å²) < 4.78 is 28.0. The third kappa shape index (κ3) is 3.94. The highest BCUT2D eigenvalue weighted by Crippen LogP contribution is 2.13. The first-order valence-electron chi connectivity index (χ1n) is 6.01. The van der Waals surface area contributed by atoms with Crippen molar-refractivity contribution in [1.29, 1.82) is 0 Å². The topological polar surface area (TPSA) is 76.9 Å². The normalized spacial score (nSPS) is 13.1. The highest BCUT2D eigenvalue weighted by Gasteiger charge is 2.15. The second-order valence-electron chi connectivity index (χ2n) is 4.52. The van der Waals surface area contributed by atoms with Crippen LogP contribution in [-0.2, 0) is 10.0 Å². The van der Waals surface area contributed by atoms with Gasteiger partial charge in [-0.05, 0) is 18.1 Å². The predicted molar refractivity (Wildman–Crippen MR) is 78.7 cm³/mol. The molecule has 0 aliphatic rings. The number of imidazole rings is 1. The molecule has 0 fully saturated rings. The zero-order valence-corrected chi connectivity index (χ0v) is 12.5. The van der Waals surface area contributed by atoms with Crippen LogP contribution in [0.5, 0.6) is 0 Å². The molecule has 0 saturated heterocycles. The molecule has 0 radical (unpaired) electrons. The van der Waals surface area contributed by atoms with E-state index in [9.17, 15) is 8.42 Å². The van der Waals surface area contributed by atoms with Crippen LogP contribution in [0.15, 0.2) is 37.1 Å². The summed E-state index contributed by atoms with van der Waals surface area (Å²) in [5, 5.41) is 0. The highest BCUT2D eigenvalue weighted by molar-refractivity contribution is 7.92. The highest BCUT2D eigenvalue weighted by atomic mass is 35.5. The largest absolute Gasteiger partial charge is 0.291 e. The number of alkyl halides is 1. The van der Waals surface area contributed by atoms with Gasteiger partial charge in [0.25, 0.3) is 0 Å². The molecule has 0 saturated carbocycles. The molecule has 1 atom stereocenters. The van der Waals surface area contributed by atoms with Crippen molar-refractivity contribution in [3.63, 3.8) is 0 Å². The SMILES string of the molecule is CC(CCl)CS(=O)(=O)Nc1ccc(-n2ccnc2)nc1. The number of nitrogens with one attached hydrogen (secondary N) is 1. The smallest absolute Gasteiger partial charge is 0.233 e. The summed E-state index contributed by atoms with van der Waals surface area (Å²) in [6.07, 6.45) is 6.49. The summed E-state index contributed by atoms with van der Waals surface area (Å²) in [6.45, 7) is 1.78. The number of hydrogen-bond acceptors (Lipinski definition) is 4. The fourth-order valence-corrected chi connectivity index (χ4v) is 3.30. The monoisotopic (exact) mass is 314 g/mol. The number of nitrogens with zero attached hydrogens (tertiary/aromatic N) is 3. The maximum atomic E-state index is 11.9. The average molecular weight is 315 g/mol. The Kier molecular flexibility index (Phi) is 4.61. The molecule has 0 aliphatic heterocycles. The Morgan fingerprint density at radius 3 is 2.80 bits per heavy atom. The van der Waals surface area contributed by atoms with Gasteiger partial charge in [0.15, 0.2) is 0 Å². The average Bonchev–Trinajstić information content (AvgIpc) is 2.92. The Balaban J connectivity index is 2.07. The molecule has 2 aromatic rings. The third-order valence-electron chi connectivity index (χ3n) is 2.56. The summed E-state index contributed by atoms with van der Waals surface area (Å²) in [5.41, 5.74) is 0.427. The van der Waals surface area contributed by atoms with Crippen molar-refractivity contribution in [2.45, 2.75) is 6.92 Å². The molecular weight excluding hydrogens is 300 g/mol. The first-order valence-corrected chi connectivity index (χ1v) is 8.19. The molecule has 2 aromatic heterocycles. The van der Waals surface area contributed by atoms with E-state index in [-0.39, 0.29) is 11.7 Å². The van der Waals surface area contributed by atoms with Crippen LogP contribution in [0.1, 0.15) is 6.92 Å². The molecule has 0 amide bonds. The molecule has 0 spiro atoms. The van der Waals surface area contributed by atoms with Gasteiger partial charge in [0.2, 0.25) is 10.0 Å². The summed E-state index contributed by atoms with van der Waals surface area (Å²) >= 11 is 5.63. The summed E-state index contributed by atoms with van der Waals surface area (Å²) in [7, 11) is -3.41. The number of pyridine rings is 1. The summed E-state index contributed by atoms with van der Waals surface area (Å²) in [4.78, 5) is 8.10. The van der Waals surface area contributed by atoms with Gasteiger partial charge >= 0.3 is 0 Å². The Bertz CT molecular complexity index is 641. The molecule has 108 valence electrons. The van der Waals surface area contributed by atoms with Crippen LogP contribution in [0.3, 0.4) is 0 Å². The van der Waals surface area contributed by atoms with Crippen molar-refractivity contribution < 1.29 is 8.42 Å². The van der Waals surface area contributed by atoms with Crippen LogP contribution in [0, 0.1) is 5.92 Å². The van der Waals surface area contributed by atoms with Gasteiger partial charge < -0.3 is 0 Å². The van der Waals surface area contributed by atoms with E-state index in [2.05, 4.69) is 14.7 Å². The number of halogens is 1. The van der Waals surface area contributed by atoms with Crippen LogP contribution >= 0.6 is 11.6 Å². The zero-order chi connectivity index (χ0) is 14.6. The van der Waals surface area contributed by atoms with Crippen LogP contribution in [0.2, 0.25) is 0 Å². The van der Waals surface area contributed by atoms with Crippen molar-refractivity contribution in [1.82, 2.24) is 14.5 Å². The Hall–Kier alpha value is -1.60. The van der Waals surface area contributed by atoms with Crippen LogP contribution < -0.4 is 4.72 Å². The fourth-order valence-electron chi connectivity index (χ4n) is 1.63. The molecule has 6 nitrogen and oxygen atoms in total. The molecule has 20 heavy (non-hydrogen) atoms. The molecule has 0 aliphatic carbocycles. The van der Waals surface area contributed by atoms with Gasteiger partial charge in [-0.15, -0.1) is 11.6 Å². The second kappa shape index (κ2) is 6.23. The lowest BCUT2D eigenvalue weighted by atomic mass is 10.3. The van der Waals surface area contributed by atoms with Crippen LogP contribution in [0.4, 0.5) is 5.69 Å². The van der Waals surface area contributed by atoms with E-state index in [1.807, 2.05) is 0 Å². The van der Waals surface area contributed by atoms with Gasteiger partial charge in [-0.1, -0.05) is 6.92 Å². The van der Waals surface area contributed by atoms with E-state index in [4.69, 9.17) is 11.6 Å². The first kappa shape index (κ1) is 14.8. The number of rotatable bonds is 6. The van der Waals surface area contributed by atoms with Gasteiger partial charge in [0.1, 0.15) is 12.1 Å². The molecule has 0 aromatic carbocycles. The fraction of sp³-hybridized carbons (Fsp3) is 0.333. The Morgan fingerprint density at radius 1 is 1.45 bits per heavy atom. The van der Waals surface area contributed by atoms with Gasteiger partial charge in [-0.25, -0.2) is 18.4 Å². The van der Waals surface area contributed by atoms with E-state index < -0.39 is 10.0 Å². The number of aromatic nitrogens is 3. The van der Waals surface area contributed by atoms with E-state index in [1.165, 1.54) is 6.20 Å². The van der Waals surface area contributed by atoms with Crippen LogP contribution in [-0.4, -0.2) is 34.6 Å². The van der Waals surface area contributed by atoms with Gasteiger partial charge in [0.05, 0.1) is 17.6 Å². The van der Waals surface area contributed by atoms with E-state index in [0.717, 1.165) is 0 Å². The lowest BCUT2D eigenvalue weighted by Gasteiger charge is -2.11. The zero-order valence-electron chi connectivity index (χ0n) is 10.9. The number of hydrogen-bond donors (Lipinski definition) is 1. The van der Waals surface area contributed by atoms with Gasteiger partial charge in [-0.2, -0.15) is 0 Å². The van der Waals surface area contributed by atoms with Gasteiger partial charge in [0, 0.05) is 18.3 Å². The summed E-state index contributed by atoms with van der Waals surface area (Å²) in [6, 6.07) is 3.37. The molecule has 0 bridgehead atoms. The number of anilines is 1. The quantitative estimate of drug-likeness (QED) is 0.826. The van der Waals surface area contributed by atoms with Crippen molar-refractivity contribution >= 4 is 27.3 Å². The minimum atomic E-state index is -3.41. The van der Waals surface area contributed by atoms with Crippen molar-refractivity contribution in [3.05, 3.63) is 37.1 Å². The summed E-state index contributed by atoms with van der Waals surface area (Å²) in [5.74, 6) is 0.852. The Morgan fingerprint density at radius 2 is 2.25 bits per heavy atom. The molecule has 2 heterocycles.